The van der Waals surface area contributed by atoms with Gasteiger partial charge in [-0.05, 0) is 66.7 Å². The molecule has 0 radical (unpaired) electrons. The Balaban J connectivity index is 1.94. The molecule has 0 amide bonds. The smallest absolute Gasteiger partial charge is 0.202 e. The van der Waals surface area contributed by atoms with E-state index in [9.17, 15) is 4.79 Å². The molecule has 0 saturated carbocycles. The van der Waals surface area contributed by atoms with Crippen molar-refractivity contribution in [2.24, 2.45) is 0 Å². The molecule has 0 aliphatic heterocycles. The first-order chi connectivity index (χ1) is 13.2. The molecule has 1 heterocycles. The van der Waals surface area contributed by atoms with Gasteiger partial charge in [-0.3, -0.25) is 4.79 Å². The maximum Gasteiger partial charge on any atom is 0.202 e. The Morgan fingerprint density at radius 3 is 2.74 bits per heavy atom. The molecule has 4 heteroatoms. The fourth-order valence-electron chi connectivity index (χ4n) is 3.92. The van der Waals surface area contributed by atoms with E-state index < -0.39 is 0 Å². The third-order valence-electron chi connectivity index (χ3n) is 5.54. The number of nitrogens with zero attached hydrogens (tertiary/aromatic N) is 2. The molecule has 0 saturated heterocycles. The minimum Gasteiger partial charge on any atom is -0.327 e. The van der Waals surface area contributed by atoms with Gasteiger partial charge in [-0.15, -0.1) is 0 Å². The van der Waals surface area contributed by atoms with Crippen LogP contribution in [0.5, 0.6) is 0 Å². The highest BCUT2D eigenvalue weighted by Crippen LogP contribution is 2.33. The van der Waals surface area contributed by atoms with E-state index in [-0.39, 0.29) is 11.6 Å². The summed E-state index contributed by atoms with van der Waals surface area (Å²) in [5.41, 5.74) is 5.33. The molecule has 0 atom stereocenters. The second-order valence-electron chi connectivity index (χ2n) is 7.26. The standard InChI is InChI=1S/C23H27N3O/c1-3-16(4-2)18-10-11-19(21(12-18)17-8-6-5-7-9-17)13-22(27)23-25-15-20(14-24)26-23/h8,10-12,15-16H,3-7,9,13H2,1-2H3,(H,25,26). The number of Topliss-reactive ketones (excluding diaryl/α,β-unsaturated/α-hetero) is 1. The van der Waals surface area contributed by atoms with Gasteiger partial charge in [-0.25, -0.2) is 4.98 Å². The number of hydrogen-bond acceptors (Lipinski definition) is 3. The fraction of sp³-hybridized carbons (Fsp3) is 0.435. The first kappa shape index (κ1) is 19.1. The van der Waals surface area contributed by atoms with Crippen molar-refractivity contribution < 1.29 is 4.79 Å². The number of aromatic nitrogens is 2. The molecule has 1 aliphatic carbocycles. The van der Waals surface area contributed by atoms with Crippen LogP contribution in [0.1, 0.15) is 91.3 Å². The molecule has 0 spiro atoms. The van der Waals surface area contributed by atoms with Crippen molar-refractivity contribution in [1.82, 2.24) is 9.97 Å². The molecule has 2 aromatic rings. The van der Waals surface area contributed by atoms with Gasteiger partial charge >= 0.3 is 0 Å². The van der Waals surface area contributed by atoms with E-state index in [0.717, 1.165) is 31.2 Å². The summed E-state index contributed by atoms with van der Waals surface area (Å²) in [6.45, 7) is 4.46. The van der Waals surface area contributed by atoms with Crippen LogP contribution in [-0.2, 0) is 6.42 Å². The van der Waals surface area contributed by atoms with Gasteiger partial charge in [0.1, 0.15) is 11.8 Å². The fourth-order valence-corrected chi connectivity index (χ4v) is 3.92. The summed E-state index contributed by atoms with van der Waals surface area (Å²) >= 11 is 0. The molecule has 4 nitrogen and oxygen atoms in total. The van der Waals surface area contributed by atoms with Crippen LogP contribution in [0.4, 0.5) is 0 Å². The van der Waals surface area contributed by atoms with Gasteiger partial charge in [0.05, 0.1) is 6.20 Å². The minimum atomic E-state index is -0.0792. The molecule has 1 aliphatic rings. The summed E-state index contributed by atoms with van der Waals surface area (Å²) in [7, 11) is 0. The molecular weight excluding hydrogens is 334 g/mol. The molecule has 3 rings (SSSR count). The average Bonchev–Trinajstić information content (AvgIpc) is 3.20. The molecule has 140 valence electrons. The number of nitriles is 1. The van der Waals surface area contributed by atoms with Crippen LogP contribution in [0.25, 0.3) is 5.57 Å². The lowest BCUT2D eigenvalue weighted by Crippen LogP contribution is -2.09. The molecule has 0 fully saturated rings. The Morgan fingerprint density at radius 1 is 1.30 bits per heavy atom. The topological polar surface area (TPSA) is 69.5 Å². The largest absolute Gasteiger partial charge is 0.327 e. The van der Waals surface area contributed by atoms with Gasteiger partial charge in [-0.1, -0.05) is 38.1 Å². The van der Waals surface area contributed by atoms with Crippen LogP contribution in [0.15, 0.2) is 30.5 Å². The third-order valence-corrected chi connectivity index (χ3v) is 5.54. The van der Waals surface area contributed by atoms with Crippen molar-refractivity contribution in [3.05, 3.63) is 58.7 Å². The molecule has 0 unspecified atom stereocenters. The van der Waals surface area contributed by atoms with E-state index in [1.807, 2.05) is 6.07 Å². The number of H-pyrrole nitrogens is 1. The van der Waals surface area contributed by atoms with Crippen molar-refractivity contribution in [1.29, 1.82) is 5.26 Å². The molecule has 1 N–H and O–H groups in total. The lowest BCUT2D eigenvalue weighted by Gasteiger charge is -2.20. The van der Waals surface area contributed by atoms with Gasteiger partial charge in [0.15, 0.2) is 5.82 Å². The first-order valence-corrected chi connectivity index (χ1v) is 9.96. The van der Waals surface area contributed by atoms with Gasteiger partial charge in [0.2, 0.25) is 5.78 Å². The quantitative estimate of drug-likeness (QED) is 0.656. The predicted molar refractivity (Wildman–Crippen MR) is 108 cm³/mol. The first-order valence-electron chi connectivity index (χ1n) is 9.96. The van der Waals surface area contributed by atoms with Crippen molar-refractivity contribution in [3.63, 3.8) is 0 Å². The maximum atomic E-state index is 12.7. The highest BCUT2D eigenvalue weighted by Gasteiger charge is 2.18. The summed E-state index contributed by atoms with van der Waals surface area (Å²) in [4.78, 5) is 19.5. The molecule has 1 aromatic heterocycles. The normalized spacial score (nSPS) is 14.1. The molecule has 27 heavy (non-hydrogen) atoms. The van der Waals surface area contributed by atoms with E-state index in [2.05, 4.69) is 48.1 Å². The van der Waals surface area contributed by atoms with Crippen LogP contribution >= 0.6 is 0 Å². The summed E-state index contributed by atoms with van der Waals surface area (Å²) in [5.74, 6) is 0.740. The van der Waals surface area contributed by atoms with Crippen LogP contribution in [-0.4, -0.2) is 15.8 Å². The molecular formula is C23H27N3O. The number of allylic oxidation sites excluding steroid dienone is 2. The zero-order valence-electron chi connectivity index (χ0n) is 16.2. The Kier molecular flexibility index (Phi) is 6.24. The zero-order valence-corrected chi connectivity index (χ0v) is 16.2. The van der Waals surface area contributed by atoms with E-state index >= 15 is 0 Å². The molecule has 1 aromatic carbocycles. The van der Waals surface area contributed by atoms with Crippen LogP contribution in [0.3, 0.4) is 0 Å². The summed E-state index contributed by atoms with van der Waals surface area (Å²) in [6.07, 6.45) is 10.9. The monoisotopic (exact) mass is 361 g/mol. The highest BCUT2D eigenvalue weighted by atomic mass is 16.1. The van der Waals surface area contributed by atoms with E-state index in [0.29, 0.717) is 18.0 Å². The number of hydrogen-bond donors (Lipinski definition) is 1. The van der Waals surface area contributed by atoms with Crippen LogP contribution in [0, 0.1) is 11.3 Å². The van der Waals surface area contributed by atoms with E-state index in [1.165, 1.54) is 35.7 Å². The van der Waals surface area contributed by atoms with Crippen molar-refractivity contribution in [2.75, 3.05) is 0 Å². The Labute approximate surface area is 161 Å². The Bertz CT molecular complexity index is 881. The lowest BCUT2D eigenvalue weighted by atomic mass is 9.85. The van der Waals surface area contributed by atoms with Crippen LogP contribution in [0.2, 0.25) is 0 Å². The van der Waals surface area contributed by atoms with Crippen molar-refractivity contribution in [2.45, 2.75) is 64.7 Å². The van der Waals surface area contributed by atoms with Gasteiger partial charge < -0.3 is 4.98 Å². The van der Waals surface area contributed by atoms with Gasteiger partial charge in [0, 0.05) is 6.42 Å². The average molecular weight is 361 g/mol. The highest BCUT2D eigenvalue weighted by molar-refractivity contribution is 5.95. The lowest BCUT2D eigenvalue weighted by molar-refractivity contribution is 0.0984. The number of benzene rings is 1. The van der Waals surface area contributed by atoms with E-state index in [1.54, 1.807) is 0 Å². The number of carbonyl (C=O) groups excluding carboxylic acids is 1. The predicted octanol–water partition coefficient (Wildman–Crippen LogP) is 5.57. The second-order valence-corrected chi connectivity index (χ2v) is 7.26. The molecule has 0 bridgehead atoms. The minimum absolute atomic E-state index is 0.0792. The number of aromatic amines is 1. The number of nitrogens with one attached hydrogen (secondary N) is 1. The summed E-state index contributed by atoms with van der Waals surface area (Å²) in [6, 6.07) is 8.58. The van der Waals surface area contributed by atoms with Gasteiger partial charge in [-0.2, -0.15) is 5.26 Å². The number of imidazole rings is 1. The Hall–Kier alpha value is -2.67. The van der Waals surface area contributed by atoms with Crippen molar-refractivity contribution in [3.8, 4) is 6.07 Å². The van der Waals surface area contributed by atoms with Gasteiger partial charge in [0.25, 0.3) is 0 Å². The number of carbonyl (C=O) groups is 1. The Morgan fingerprint density at radius 2 is 2.11 bits per heavy atom. The van der Waals surface area contributed by atoms with Crippen molar-refractivity contribution >= 4 is 11.4 Å². The number of rotatable bonds is 7. The summed E-state index contributed by atoms with van der Waals surface area (Å²) in [5, 5.41) is 8.93. The zero-order chi connectivity index (χ0) is 19.2. The third kappa shape index (κ3) is 4.36. The SMILES string of the molecule is CCC(CC)c1ccc(CC(=O)c2ncc(C#N)[nH]2)c(C2=CCCCC2)c1. The maximum absolute atomic E-state index is 12.7. The van der Waals surface area contributed by atoms with Crippen LogP contribution < -0.4 is 0 Å². The van der Waals surface area contributed by atoms with E-state index in [4.69, 9.17) is 5.26 Å². The number of ketones is 1. The second kappa shape index (κ2) is 8.81. The summed E-state index contributed by atoms with van der Waals surface area (Å²) < 4.78 is 0.